The Labute approximate surface area is 201 Å². The van der Waals surface area contributed by atoms with Gasteiger partial charge in [-0.1, -0.05) is 66.7 Å². The van der Waals surface area contributed by atoms with Gasteiger partial charge in [0.25, 0.3) is 0 Å². The fourth-order valence-electron chi connectivity index (χ4n) is 4.61. The Morgan fingerprint density at radius 2 is 1.65 bits per heavy atom. The lowest BCUT2D eigenvalue weighted by molar-refractivity contribution is -0.137. The smallest absolute Gasteiger partial charge is 0.317 e. The van der Waals surface area contributed by atoms with Crippen molar-refractivity contribution in [1.29, 1.82) is 0 Å². The second kappa shape index (κ2) is 11.0. The van der Waals surface area contributed by atoms with E-state index in [2.05, 4.69) is 10.3 Å². The SMILES string of the molecule is Cc1cccnc1C(c1ccccc1)N(C)C(=O)C1CCN(C(=O)NCc2ccccc2)CC1. The predicted molar refractivity (Wildman–Crippen MR) is 133 cm³/mol. The molecule has 1 fully saturated rings. The van der Waals surface area contributed by atoms with Crippen LogP contribution in [0.1, 0.15) is 41.3 Å². The number of carbonyl (C=O) groups excluding carboxylic acids is 2. The fraction of sp³-hybridized carbons (Fsp3) is 0.321. The molecular weight excluding hydrogens is 424 g/mol. The van der Waals surface area contributed by atoms with E-state index in [4.69, 9.17) is 0 Å². The van der Waals surface area contributed by atoms with Crippen molar-refractivity contribution in [3.8, 4) is 0 Å². The molecule has 0 aliphatic carbocycles. The van der Waals surface area contributed by atoms with Crippen molar-refractivity contribution < 1.29 is 9.59 Å². The molecule has 4 rings (SSSR count). The van der Waals surface area contributed by atoms with Gasteiger partial charge >= 0.3 is 6.03 Å². The third-order valence-corrected chi connectivity index (χ3v) is 6.58. The summed E-state index contributed by atoms with van der Waals surface area (Å²) in [7, 11) is 1.87. The van der Waals surface area contributed by atoms with E-state index in [1.807, 2.05) is 96.6 Å². The molecule has 0 spiro atoms. The van der Waals surface area contributed by atoms with Crippen molar-refractivity contribution >= 4 is 11.9 Å². The molecule has 1 N–H and O–H groups in total. The second-order valence-electron chi connectivity index (χ2n) is 8.87. The van der Waals surface area contributed by atoms with Crippen LogP contribution in [-0.4, -0.2) is 46.9 Å². The minimum atomic E-state index is -0.248. The lowest BCUT2D eigenvalue weighted by atomic mass is 9.92. The summed E-state index contributed by atoms with van der Waals surface area (Å²) in [6, 6.07) is 23.5. The maximum atomic E-state index is 13.6. The number of amides is 3. The lowest BCUT2D eigenvalue weighted by Gasteiger charge is -2.36. The number of likely N-dealkylation sites (tertiary alicyclic amines) is 1. The molecule has 1 atom stereocenters. The predicted octanol–water partition coefficient (Wildman–Crippen LogP) is 4.56. The average molecular weight is 457 g/mol. The highest BCUT2D eigenvalue weighted by atomic mass is 16.2. The van der Waals surface area contributed by atoms with Crippen LogP contribution in [0.5, 0.6) is 0 Å². The number of benzene rings is 2. The molecule has 1 aliphatic heterocycles. The first-order valence-electron chi connectivity index (χ1n) is 11.8. The number of hydrogen-bond donors (Lipinski definition) is 1. The van der Waals surface area contributed by atoms with Crippen molar-refractivity contribution in [2.45, 2.75) is 32.4 Å². The maximum absolute atomic E-state index is 13.6. The summed E-state index contributed by atoms with van der Waals surface area (Å²) in [5.74, 6) is -0.0124. The van der Waals surface area contributed by atoms with Gasteiger partial charge in [0.15, 0.2) is 0 Å². The number of piperidine rings is 1. The highest BCUT2D eigenvalue weighted by Gasteiger charge is 2.33. The monoisotopic (exact) mass is 456 g/mol. The Morgan fingerprint density at radius 3 is 2.29 bits per heavy atom. The number of nitrogens with zero attached hydrogens (tertiary/aromatic N) is 3. The number of aromatic nitrogens is 1. The van der Waals surface area contributed by atoms with Crippen LogP contribution in [0.15, 0.2) is 79.0 Å². The number of nitrogens with one attached hydrogen (secondary N) is 1. The van der Waals surface area contributed by atoms with Crippen LogP contribution >= 0.6 is 0 Å². The Bertz CT molecular complexity index is 1100. The molecule has 2 heterocycles. The molecule has 0 bridgehead atoms. The zero-order valence-corrected chi connectivity index (χ0v) is 19.9. The van der Waals surface area contributed by atoms with Gasteiger partial charge in [0.05, 0.1) is 11.7 Å². The van der Waals surface area contributed by atoms with Crippen LogP contribution in [0.2, 0.25) is 0 Å². The summed E-state index contributed by atoms with van der Waals surface area (Å²) >= 11 is 0. The first kappa shape index (κ1) is 23.5. The van der Waals surface area contributed by atoms with Crippen molar-refractivity contribution in [3.63, 3.8) is 0 Å². The minimum Gasteiger partial charge on any atom is -0.334 e. The van der Waals surface area contributed by atoms with Gasteiger partial charge in [0.2, 0.25) is 5.91 Å². The molecule has 3 aromatic rings. The van der Waals surface area contributed by atoms with Crippen LogP contribution in [0.3, 0.4) is 0 Å². The highest BCUT2D eigenvalue weighted by molar-refractivity contribution is 5.80. The Morgan fingerprint density at radius 1 is 1.00 bits per heavy atom. The number of aryl methyl sites for hydroxylation is 1. The van der Waals surface area contributed by atoms with E-state index in [1.165, 1.54) is 0 Å². The minimum absolute atomic E-state index is 0.0746. The molecule has 6 heteroatoms. The zero-order chi connectivity index (χ0) is 23.9. The van der Waals surface area contributed by atoms with Gasteiger partial charge in [-0.25, -0.2) is 4.79 Å². The molecule has 2 aromatic carbocycles. The summed E-state index contributed by atoms with van der Waals surface area (Å²) in [6.45, 7) is 3.68. The van der Waals surface area contributed by atoms with Crippen molar-refractivity contribution in [3.05, 3.63) is 101 Å². The number of hydrogen-bond acceptors (Lipinski definition) is 3. The van der Waals surface area contributed by atoms with E-state index < -0.39 is 0 Å². The zero-order valence-electron chi connectivity index (χ0n) is 19.9. The van der Waals surface area contributed by atoms with Gasteiger partial charge in [0, 0.05) is 38.8 Å². The van der Waals surface area contributed by atoms with Gasteiger partial charge < -0.3 is 15.1 Å². The average Bonchev–Trinajstić information content (AvgIpc) is 2.89. The Kier molecular flexibility index (Phi) is 7.58. The first-order chi connectivity index (χ1) is 16.5. The first-order valence-corrected chi connectivity index (χ1v) is 11.8. The molecule has 0 saturated carbocycles. The molecule has 0 radical (unpaired) electrons. The van der Waals surface area contributed by atoms with Crippen molar-refractivity contribution in [1.82, 2.24) is 20.1 Å². The topological polar surface area (TPSA) is 65.5 Å². The fourth-order valence-corrected chi connectivity index (χ4v) is 4.61. The van der Waals surface area contributed by atoms with Crippen LogP contribution in [0.4, 0.5) is 4.79 Å². The summed E-state index contributed by atoms with van der Waals surface area (Å²) in [5, 5.41) is 2.99. The standard InChI is InChI=1S/C28H32N4O2/c1-21-10-9-17-29-25(21)26(23-13-7-4-8-14-23)31(2)27(33)24-15-18-32(19-16-24)28(34)30-20-22-11-5-3-6-12-22/h3-14,17,24,26H,15-16,18-20H2,1-2H3,(H,30,34). The molecule has 34 heavy (non-hydrogen) atoms. The third-order valence-electron chi connectivity index (χ3n) is 6.58. The molecule has 1 aromatic heterocycles. The van der Waals surface area contributed by atoms with Gasteiger partial charge in [0.1, 0.15) is 0 Å². The quantitative estimate of drug-likeness (QED) is 0.591. The Balaban J connectivity index is 1.40. The van der Waals surface area contributed by atoms with Gasteiger partial charge in [-0.05, 0) is 42.5 Å². The lowest BCUT2D eigenvalue weighted by Crippen LogP contribution is -2.47. The van der Waals surface area contributed by atoms with Crippen molar-refractivity contribution in [2.24, 2.45) is 5.92 Å². The van der Waals surface area contributed by atoms with Crippen LogP contribution in [0.25, 0.3) is 0 Å². The summed E-state index contributed by atoms with van der Waals surface area (Å²) in [6.07, 6.45) is 3.10. The third kappa shape index (κ3) is 5.45. The van der Waals surface area contributed by atoms with Crippen molar-refractivity contribution in [2.75, 3.05) is 20.1 Å². The number of carbonyl (C=O) groups is 2. The van der Waals surface area contributed by atoms with Gasteiger partial charge in [-0.15, -0.1) is 0 Å². The summed E-state index contributed by atoms with van der Waals surface area (Å²) < 4.78 is 0. The van der Waals surface area contributed by atoms with Crippen LogP contribution in [0, 0.1) is 12.8 Å². The highest BCUT2D eigenvalue weighted by Crippen LogP contribution is 2.31. The van der Waals surface area contributed by atoms with Crippen LogP contribution < -0.4 is 5.32 Å². The molecule has 1 unspecified atom stereocenters. The Hall–Kier alpha value is -3.67. The van der Waals surface area contributed by atoms with E-state index in [1.54, 1.807) is 6.20 Å². The second-order valence-corrected chi connectivity index (χ2v) is 8.87. The van der Waals surface area contributed by atoms with Crippen LogP contribution in [-0.2, 0) is 11.3 Å². The number of rotatable bonds is 6. The number of pyridine rings is 1. The molecule has 1 saturated heterocycles. The van der Waals surface area contributed by atoms with E-state index in [0.29, 0.717) is 32.5 Å². The summed E-state index contributed by atoms with van der Waals surface area (Å²) in [5.41, 5.74) is 4.06. The molecule has 176 valence electrons. The number of urea groups is 1. The summed E-state index contributed by atoms with van der Waals surface area (Å²) in [4.78, 5) is 34.4. The molecule has 6 nitrogen and oxygen atoms in total. The molecule has 3 amide bonds. The van der Waals surface area contributed by atoms with E-state index >= 15 is 0 Å². The van der Waals surface area contributed by atoms with Gasteiger partial charge in [-0.2, -0.15) is 0 Å². The van der Waals surface area contributed by atoms with E-state index in [9.17, 15) is 9.59 Å². The van der Waals surface area contributed by atoms with E-state index in [-0.39, 0.29) is 23.9 Å². The molecule has 1 aliphatic rings. The van der Waals surface area contributed by atoms with E-state index in [0.717, 1.165) is 22.4 Å². The maximum Gasteiger partial charge on any atom is 0.317 e. The largest absolute Gasteiger partial charge is 0.334 e. The molecular formula is C28H32N4O2. The normalized spacial score (nSPS) is 14.9. The van der Waals surface area contributed by atoms with Gasteiger partial charge in [-0.3, -0.25) is 9.78 Å².